The molecule has 1 aromatic carbocycles. The van der Waals surface area contributed by atoms with Crippen LogP contribution < -0.4 is 15.4 Å². The van der Waals surface area contributed by atoms with E-state index in [9.17, 15) is 4.79 Å². The van der Waals surface area contributed by atoms with Crippen LogP contribution >= 0.6 is 11.6 Å². The van der Waals surface area contributed by atoms with Crippen LogP contribution in [0.15, 0.2) is 42.6 Å². The summed E-state index contributed by atoms with van der Waals surface area (Å²) in [5, 5.41) is 6.86. The van der Waals surface area contributed by atoms with Gasteiger partial charge in [0.1, 0.15) is 11.6 Å². The largest absolute Gasteiger partial charge is 0.484 e. The highest BCUT2D eigenvalue weighted by Crippen LogP contribution is 2.21. The Labute approximate surface area is 152 Å². The Balaban J connectivity index is 1.45. The fourth-order valence-electron chi connectivity index (χ4n) is 2.89. The summed E-state index contributed by atoms with van der Waals surface area (Å²) in [6.07, 6.45) is 8.07. The van der Waals surface area contributed by atoms with Crippen molar-refractivity contribution in [2.45, 2.75) is 38.1 Å². The number of nitrogens with one attached hydrogen (secondary N) is 2. The number of benzene rings is 1. The summed E-state index contributed by atoms with van der Waals surface area (Å²) in [5.74, 6) is 0.855. The first-order chi connectivity index (χ1) is 12.2. The number of amides is 1. The molecule has 0 unspecified atom stereocenters. The summed E-state index contributed by atoms with van der Waals surface area (Å²) in [4.78, 5) is 16.2. The van der Waals surface area contributed by atoms with Gasteiger partial charge >= 0.3 is 0 Å². The molecule has 1 amide bonds. The summed E-state index contributed by atoms with van der Waals surface area (Å²) < 4.78 is 5.41. The Morgan fingerprint density at radius 1 is 1.12 bits per heavy atom. The van der Waals surface area contributed by atoms with Gasteiger partial charge in [-0.15, -0.1) is 0 Å². The van der Waals surface area contributed by atoms with Gasteiger partial charge in [-0.25, -0.2) is 4.98 Å². The van der Waals surface area contributed by atoms with Crippen molar-refractivity contribution in [3.05, 3.63) is 47.6 Å². The topological polar surface area (TPSA) is 63.2 Å². The summed E-state index contributed by atoms with van der Waals surface area (Å²) in [5.41, 5.74) is 0.988. The number of anilines is 2. The first-order valence-corrected chi connectivity index (χ1v) is 8.98. The summed E-state index contributed by atoms with van der Waals surface area (Å²) in [7, 11) is 0. The van der Waals surface area contributed by atoms with E-state index in [0.29, 0.717) is 22.6 Å². The summed E-state index contributed by atoms with van der Waals surface area (Å²) in [6, 6.07) is 11.1. The van der Waals surface area contributed by atoms with Gasteiger partial charge in [0, 0.05) is 11.1 Å². The van der Waals surface area contributed by atoms with E-state index in [2.05, 4.69) is 15.6 Å². The van der Waals surface area contributed by atoms with E-state index in [1.54, 1.807) is 36.5 Å². The number of aromatic nitrogens is 1. The number of hydrogen-bond acceptors (Lipinski definition) is 4. The molecule has 1 aliphatic rings. The lowest BCUT2D eigenvalue weighted by molar-refractivity contribution is -0.118. The van der Waals surface area contributed by atoms with Crippen molar-refractivity contribution in [2.24, 2.45) is 0 Å². The van der Waals surface area contributed by atoms with Crippen LogP contribution in [0.5, 0.6) is 5.75 Å². The average Bonchev–Trinajstić information content (AvgIpc) is 2.64. The number of nitrogens with zero attached hydrogens (tertiary/aromatic N) is 1. The zero-order valence-corrected chi connectivity index (χ0v) is 14.8. The lowest BCUT2D eigenvalue weighted by Crippen LogP contribution is -2.22. The highest BCUT2D eigenvalue weighted by Gasteiger charge is 2.13. The molecule has 0 atom stereocenters. The maximum Gasteiger partial charge on any atom is 0.263 e. The molecule has 5 nitrogen and oxygen atoms in total. The minimum Gasteiger partial charge on any atom is -0.484 e. The molecule has 0 radical (unpaired) electrons. The van der Waals surface area contributed by atoms with Gasteiger partial charge in [0.25, 0.3) is 5.91 Å². The summed E-state index contributed by atoms with van der Waals surface area (Å²) in [6.45, 7) is -0.0780. The molecular weight excluding hydrogens is 338 g/mol. The SMILES string of the molecule is O=C(COc1ccc(Cl)cc1)Nc1ccc(NC2CCCCC2)cn1. The van der Waals surface area contributed by atoms with E-state index in [0.717, 1.165) is 5.69 Å². The molecule has 2 aromatic rings. The van der Waals surface area contributed by atoms with Crippen LogP contribution in [0.25, 0.3) is 0 Å². The fraction of sp³-hybridized carbons (Fsp3) is 0.368. The maximum absolute atomic E-state index is 11.9. The van der Waals surface area contributed by atoms with Crippen molar-refractivity contribution in [3.8, 4) is 5.75 Å². The number of rotatable bonds is 6. The van der Waals surface area contributed by atoms with Gasteiger partial charge in [-0.05, 0) is 49.2 Å². The predicted octanol–water partition coefficient (Wildman–Crippen LogP) is 4.50. The Hall–Kier alpha value is -2.27. The lowest BCUT2D eigenvalue weighted by atomic mass is 9.95. The summed E-state index contributed by atoms with van der Waals surface area (Å²) >= 11 is 5.81. The Bertz CT molecular complexity index is 683. The molecule has 2 N–H and O–H groups in total. The third-order valence-corrected chi connectivity index (χ3v) is 4.44. The first-order valence-electron chi connectivity index (χ1n) is 8.60. The van der Waals surface area contributed by atoms with E-state index in [-0.39, 0.29) is 12.5 Å². The molecule has 3 rings (SSSR count). The van der Waals surface area contributed by atoms with E-state index in [1.807, 2.05) is 6.07 Å². The van der Waals surface area contributed by atoms with Crippen LogP contribution in [0.1, 0.15) is 32.1 Å². The van der Waals surface area contributed by atoms with Crippen LogP contribution in [0, 0.1) is 0 Å². The molecular formula is C19H22ClN3O2. The van der Waals surface area contributed by atoms with Crippen molar-refractivity contribution in [1.82, 2.24) is 4.98 Å². The monoisotopic (exact) mass is 359 g/mol. The van der Waals surface area contributed by atoms with Crippen molar-refractivity contribution < 1.29 is 9.53 Å². The smallest absolute Gasteiger partial charge is 0.263 e. The van der Waals surface area contributed by atoms with Gasteiger partial charge in [0.15, 0.2) is 6.61 Å². The van der Waals surface area contributed by atoms with E-state index in [1.165, 1.54) is 32.1 Å². The molecule has 0 bridgehead atoms. The van der Waals surface area contributed by atoms with Crippen molar-refractivity contribution >= 4 is 29.0 Å². The molecule has 1 saturated carbocycles. The Kier molecular flexibility index (Phi) is 6.12. The lowest BCUT2D eigenvalue weighted by Gasteiger charge is -2.23. The highest BCUT2D eigenvalue weighted by atomic mass is 35.5. The van der Waals surface area contributed by atoms with Gasteiger partial charge in [-0.3, -0.25) is 4.79 Å². The number of hydrogen-bond donors (Lipinski definition) is 2. The van der Waals surface area contributed by atoms with Gasteiger partial charge < -0.3 is 15.4 Å². The molecule has 132 valence electrons. The number of carbonyl (C=O) groups excluding carboxylic acids is 1. The van der Waals surface area contributed by atoms with Gasteiger partial charge in [-0.2, -0.15) is 0 Å². The first kappa shape index (κ1) is 17.5. The molecule has 1 aromatic heterocycles. The Morgan fingerprint density at radius 3 is 2.56 bits per heavy atom. The second-order valence-electron chi connectivity index (χ2n) is 6.20. The molecule has 0 saturated heterocycles. The maximum atomic E-state index is 11.9. The van der Waals surface area contributed by atoms with Gasteiger partial charge in [0.05, 0.1) is 11.9 Å². The van der Waals surface area contributed by atoms with Crippen LogP contribution in [0.4, 0.5) is 11.5 Å². The van der Waals surface area contributed by atoms with Gasteiger partial charge in [-0.1, -0.05) is 30.9 Å². The standard InChI is InChI=1S/C19H22ClN3O2/c20-14-6-9-17(10-7-14)25-13-19(24)23-18-11-8-16(12-21-18)22-15-4-2-1-3-5-15/h6-12,15,22H,1-5,13H2,(H,21,23,24). The third kappa shape index (κ3) is 5.64. The zero-order valence-electron chi connectivity index (χ0n) is 14.0. The number of ether oxygens (including phenoxy) is 1. The van der Waals surface area contributed by atoms with Crippen LogP contribution in [0.3, 0.4) is 0 Å². The fourth-order valence-corrected chi connectivity index (χ4v) is 3.02. The third-order valence-electron chi connectivity index (χ3n) is 4.19. The molecule has 1 heterocycles. The predicted molar refractivity (Wildman–Crippen MR) is 100 cm³/mol. The number of halogens is 1. The van der Waals surface area contributed by atoms with Crippen LogP contribution in [-0.2, 0) is 4.79 Å². The average molecular weight is 360 g/mol. The van der Waals surface area contributed by atoms with Crippen LogP contribution in [0.2, 0.25) is 5.02 Å². The quantitative estimate of drug-likeness (QED) is 0.797. The molecule has 0 aliphatic heterocycles. The number of pyridine rings is 1. The molecule has 6 heteroatoms. The normalized spacial score (nSPS) is 14.8. The minimum atomic E-state index is -0.254. The second-order valence-corrected chi connectivity index (χ2v) is 6.64. The molecule has 25 heavy (non-hydrogen) atoms. The minimum absolute atomic E-state index is 0.0780. The number of carbonyl (C=O) groups is 1. The van der Waals surface area contributed by atoms with Gasteiger partial charge in [0.2, 0.25) is 0 Å². The molecule has 0 spiro atoms. The second kappa shape index (κ2) is 8.72. The molecule has 1 fully saturated rings. The van der Waals surface area contributed by atoms with E-state index in [4.69, 9.17) is 16.3 Å². The van der Waals surface area contributed by atoms with Crippen molar-refractivity contribution in [1.29, 1.82) is 0 Å². The Morgan fingerprint density at radius 2 is 1.88 bits per heavy atom. The van der Waals surface area contributed by atoms with Crippen LogP contribution in [-0.4, -0.2) is 23.5 Å². The zero-order chi connectivity index (χ0) is 17.5. The highest BCUT2D eigenvalue weighted by molar-refractivity contribution is 6.30. The molecule has 1 aliphatic carbocycles. The van der Waals surface area contributed by atoms with E-state index < -0.39 is 0 Å². The van der Waals surface area contributed by atoms with Crippen molar-refractivity contribution in [3.63, 3.8) is 0 Å². The van der Waals surface area contributed by atoms with Crippen molar-refractivity contribution in [2.75, 3.05) is 17.2 Å². The van der Waals surface area contributed by atoms with E-state index >= 15 is 0 Å².